The Morgan fingerprint density at radius 1 is 1.11 bits per heavy atom. The quantitative estimate of drug-likeness (QED) is 0.791. The molecular weight excluding hydrogens is 226 g/mol. The van der Waals surface area contributed by atoms with Gasteiger partial charge in [-0.1, -0.05) is 39.5 Å². The molecule has 3 nitrogen and oxygen atoms in total. The van der Waals surface area contributed by atoms with E-state index in [9.17, 15) is 0 Å². The zero-order valence-corrected chi connectivity index (χ0v) is 12.0. The minimum atomic E-state index is 0.0356. The van der Waals surface area contributed by atoms with Gasteiger partial charge in [-0.05, 0) is 24.8 Å². The molecule has 1 saturated carbocycles. The van der Waals surface area contributed by atoms with Crippen LogP contribution in [0.15, 0.2) is 0 Å². The molecule has 2 rings (SSSR count). The van der Waals surface area contributed by atoms with E-state index in [2.05, 4.69) is 19.2 Å². The van der Waals surface area contributed by atoms with Gasteiger partial charge in [-0.2, -0.15) is 0 Å². The van der Waals surface area contributed by atoms with E-state index in [4.69, 9.17) is 9.47 Å². The number of nitrogens with one attached hydrogen (secondary N) is 1. The lowest BCUT2D eigenvalue weighted by atomic mass is 9.73. The molecule has 1 aliphatic carbocycles. The molecule has 2 aliphatic rings. The zero-order chi connectivity index (χ0) is 12.8. The fourth-order valence-corrected chi connectivity index (χ4v) is 3.70. The summed E-state index contributed by atoms with van der Waals surface area (Å²) < 4.78 is 11.3. The van der Waals surface area contributed by atoms with Gasteiger partial charge >= 0.3 is 0 Å². The van der Waals surface area contributed by atoms with Crippen molar-refractivity contribution >= 4 is 0 Å². The maximum atomic E-state index is 5.63. The van der Waals surface area contributed by atoms with E-state index in [0.29, 0.717) is 6.04 Å². The summed E-state index contributed by atoms with van der Waals surface area (Å²) >= 11 is 0. The van der Waals surface area contributed by atoms with E-state index in [-0.39, 0.29) is 6.29 Å². The van der Waals surface area contributed by atoms with Crippen molar-refractivity contribution in [2.24, 2.45) is 11.8 Å². The van der Waals surface area contributed by atoms with Crippen molar-refractivity contribution in [1.29, 1.82) is 0 Å². The monoisotopic (exact) mass is 255 g/mol. The first-order valence-electron chi connectivity index (χ1n) is 7.81. The first-order chi connectivity index (χ1) is 8.85. The second-order valence-electron chi connectivity index (χ2n) is 5.69. The first-order valence-corrected chi connectivity index (χ1v) is 7.81. The highest BCUT2D eigenvalue weighted by Crippen LogP contribution is 2.36. The van der Waals surface area contributed by atoms with Gasteiger partial charge in [-0.15, -0.1) is 0 Å². The van der Waals surface area contributed by atoms with Crippen LogP contribution in [0, 0.1) is 11.8 Å². The van der Waals surface area contributed by atoms with Crippen LogP contribution in [0.4, 0.5) is 0 Å². The Hall–Kier alpha value is -0.120. The van der Waals surface area contributed by atoms with E-state index in [1.807, 2.05) is 0 Å². The number of hydrogen-bond donors (Lipinski definition) is 1. The highest BCUT2D eigenvalue weighted by atomic mass is 16.7. The highest BCUT2D eigenvalue weighted by molar-refractivity contribution is 4.85. The third-order valence-corrected chi connectivity index (χ3v) is 4.61. The second kappa shape index (κ2) is 7.46. The number of hydrogen-bond acceptors (Lipinski definition) is 3. The molecule has 3 heteroatoms. The normalized spacial score (nSPS) is 31.7. The Kier molecular flexibility index (Phi) is 5.93. The zero-order valence-electron chi connectivity index (χ0n) is 12.0. The number of rotatable bonds is 6. The third-order valence-electron chi connectivity index (χ3n) is 4.61. The molecule has 1 N–H and O–H groups in total. The molecule has 18 heavy (non-hydrogen) atoms. The Labute approximate surface area is 112 Å². The van der Waals surface area contributed by atoms with Crippen LogP contribution in [0.1, 0.15) is 52.4 Å². The molecule has 0 radical (unpaired) electrons. The summed E-state index contributed by atoms with van der Waals surface area (Å²) in [6.07, 6.45) is 7.99. The largest absolute Gasteiger partial charge is 0.350 e. The van der Waals surface area contributed by atoms with Crippen molar-refractivity contribution in [3.8, 4) is 0 Å². The SMILES string of the molecule is CCNC(CC1OCCO1)C1CCCCC1CC. The van der Waals surface area contributed by atoms with Crippen LogP contribution in [0.5, 0.6) is 0 Å². The van der Waals surface area contributed by atoms with E-state index in [1.165, 1.54) is 32.1 Å². The minimum Gasteiger partial charge on any atom is -0.350 e. The summed E-state index contributed by atoms with van der Waals surface area (Å²) in [5.41, 5.74) is 0. The van der Waals surface area contributed by atoms with Crippen LogP contribution in [-0.4, -0.2) is 32.1 Å². The average molecular weight is 255 g/mol. The van der Waals surface area contributed by atoms with Crippen LogP contribution in [0.3, 0.4) is 0 Å². The van der Waals surface area contributed by atoms with Crippen molar-refractivity contribution in [2.75, 3.05) is 19.8 Å². The summed E-state index contributed by atoms with van der Waals surface area (Å²) in [7, 11) is 0. The summed E-state index contributed by atoms with van der Waals surface area (Å²) in [4.78, 5) is 0. The van der Waals surface area contributed by atoms with Crippen molar-refractivity contribution in [3.63, 3.8) is 0 Å². The molecule has 0 aromatic rings. The van der Waals surface area contributed by atoms with Gasteiger partial charge < -0.3 is 14.8 Å². The second-order valence-corrected chi connectivity index (χ2v) is 5.69. The van der Waals surface area contributed by atoms with E-state index in [0.717, 1.165) is 38.0 Å². The summed E-state index contributed by atoms with van der Waals surface area (Å²) in [5, 5.41) is 3.68. The molecular formula is C15H29NO2. The van der Waals surface area contributed by atoms with Crippen LogP contribution < -0.4 is 5.32 Å². The molecule has 0 aromatic heterocycles. The van der Waals surface area contributed by atoms with Crippen molar-refractivity contribution < 1.29 is 9.47 Å². The van der Waals surface area contributed by atoms with Gasteiger partial charge in [0.2, 0.25) is 0 Å². The molecule has 106 valence electrons. The Morgan fingerprint density at radius 2 is 1.83 bits per heavy atom. The molecule has 0 aromatic carbocycles. The molecule has 0 spiro atoms. The lowest BCUT2D eigenvalue weighted by molar-refractivity contribution is -0.0599. The van der Waals surface area contributed by atoms with E-state index in [1.54, 1.807) is 0 Å². The van der Waals surface area contributed by atoms with Gasteiger partial charge in [0, 0.05) is 12.5 Å². The topological polar surface area (TPSA) is 30.5 Å². The van der Waals surface area contributed by atoms with Crippen LogP contribution >= 0.6 is 0 Å². The summed E-state index contributed by atoms with van der Waals surface area (Å²) in [6.45, 7) is 7.13. The van der Waals surface area contributed by atoms with Crippen molar-refractivity contribution in [2.45, 2.75) is 64.7 Å². The van der Waals surface area contributed by atoms with Crippen LogP contribution in [-0.2, 0) is 9.47 Å². The van der Waals surface area contributed by atoms with Crippen LogP contribution in [0.2, 0.25) is 0 Å². The molecule has 3 atom stereocenters. The maximum Gasteiger partial charge on any atom is 0.159 e. The van der Waals surface area contributed by atoms with Gasteiger partial charge in [-0.25, -0.2) is 0 Å². The molecule has 3 unspecified atom stereocenters. The Morgan fingerprint density at radius 3 is 2.50 bits per heavy atom. The van der Waals surface area contributed by atoms with Gasteiger partial charge in [-0.3, -0.25) is 0 Å². The maximum absolute atomic E-state index is 5.63. The fraction of sp³-hybridized carbons (Fsp3) is 1.00. The molecule has 1 saturated heterocycles. The molecule has 1 heterocycles. The Bertz CT molecular complexity index is 229. The lowest BCUT2D eigenvalue weighted by Gasteiger charge is -2.38. The smallest absolute Gasteiger partial charge is 0.159 e. The average Bonchev–Trinajstić information content (AvgIpc) is 2.91. The number of ether oxygens (including phenoxy) is 2. The lowest BCUT2D eigenvalue weighted by Crippen LogP contribution is -2.43. The van der Waals surface area contributed by atoms with Gasteiger partial charge in [0.1, 0.15) is 0 Å². The summed E-state index contributed by atoms with van der Waals surface area (Å²) in [5.74, 6) is 1.71. The molecule has 2 fully saturated rings. The Balaban J connectivity index is 1.93. The van der Waals surface area contributed by atoms with Gasteiger partial charge in [0.15, 0.2) is 6.29 Å². The predicted octanol–water partition coefficient (Wildman–Crippen LogP) is 2.94. The van der Waals surface area contributed by atoms with E-state index >= 15 is 0 Å². The first kappa shape index (κ1) is 14.3. The molecule has 0 amide bonds. The van der Waals surface area contributed by atoms with Crippen LogP contribution in [0.25, 0.3) is 0 Å². The standard InChI is InChI=1S/C15H29NO2/c1-3-12-7-5-6-8-13(12)14(16-4-2)11-15-17-9-10-18-15/h12-16H,3-11H2,1-2H3. The van der Waals surface area contributed by atoms with Gasteiger partial charge in [0.25, 0.3) is 0 Å². The fourth-order valence-electron chi connectivity index (χ4n) is 3.70. The highest BCUT2D eigenvalue weighted by Gasteiger charge is 2.33. The van der Waals surface area contributed by atoms with Gasteiger partial charge in [0.05, 0.1) is 13.2 Å². The molecule has 0 bridgehead atoms. The molecule has 1 aliphatic heterocycles. The van der Waals surface area contributed by atoms with Crippen molar-refractivity contribution in [1.82, 2.24) is 5.32 Å². The third kappa shape index (κ3) is 3.69. The van der Waals surface area contributed by atoms with E-state index < -0.39 is 0 Å². The predicted molar refractivity (Wildman–Crippen MR) is 73.5 cm³/mol. The summed E-state index contributed by atoms with van der Waals surface area (Å²) in [6, 6.07) is 0.573. The van der Waals surface area contributed by atoms with Crippen molar-refractivity contribution in [3.05, 3.63) is 0 Å². The minimum absolute atomic E-state index is 0.0356.